The molecular formula is C13H21N3O2. The van der Waals surface area contributed by atoms with Crippen molar-refractivity contribution in [2.45, 2.75) is 52.1 Å². The van der Waals surface area contributed by atoms with Crippen LogP contribution < -0.4 is 10.6 Å². The number of hydrogen-bond donors (Lipinski definition) is 2. The minimum atomic E-state index is -0.376. The third-order valence-electron chi connectivity index (χ3n) is 3.89. The number of rotatable bonds is 4. The highest BCUT2D eigenvalue weighted by atomic mass is 16.5. The van der Waals surface area contributed by atoms with Crippen LogP contribution in [0.4, 0.5) is 0 Å². The number of aryl methyl sites for hydroxylation is 2. The van der Waals surface area contributed by atoms with E-state index < -0.39 is 0 Å². The van der Waals surface area contributed by atoms with Crippen molar-refractivity contribution in [1.82, 2.24) is 15.8 Å². The number of carbonyl (C=O) groups excluding carboxylic acids is 1. The second kappa shape index (κ2) is 5.10. The van der Waals surface area contributed by atoms with E-state index in [2.05, 4.69) is 15.8 Å². The van der Waals surface area contributed by atoms with E-state index >= 15 is 0 Å². The molecule has 18 heavy (non-hydrogen) atoms. The highest BCUT2D eigenvalue weighted by Gasteiger charge is 2.38. The summed E-state index contributed by atoms with van der Waals surface area (Å²) in [5.41, 5.74) is 1.45. The van der Waals surface area contributed by atoms with Crippen molar-refractivity contribution in [3.63, 3.8) is 0 Å². The molecule has 1 aliphatic heterocycles. The van der Waals surface area contributed by atoms with Crippen molar-refractivity contribution in [2.75, 3.05) is 6.54 Å². The number of nitrogens with one attached hydrogen (secondary N) is 2. The molecule has 0 aliphatic carbocycles. The molecule has 1 unspecified atom stereocenters. The van der Waals surface area contributed by atoms with E-state index in [0.29, 0.717) is 6.54 Å². The van der Waals surface area contributed by atoms with Crippen molar-refractivity contribution >= 4 is 5.91 Å². The highest BCUT2D eigenvalue weighted by molar-refractivity contribution is 5.86. The fourth-order valence-electron chi connectivity index (χ4n) is 2.55. The monoisotopic (exact) mass is 251 g/mol. The predicted octanol–water partition coefficient (Wildman–Crippen LogP) is 1.44. The van der Waals surface area contributed by atoms with Crippen molar-refractivity contribution in [3.8, 4) is 0 Å². The van der Waals surface area contributed by atoms with Gasteiger partial charge in [0.25, 0.3) is 0 Å². The van der Waals surface area contributed by atoms with Gasteiger partial charge in [0.15, 0.2) is 0 Å². The second-order valence-corrected chi connectivity index (χ2v) is 4.95. The molecule has 0 saturated carbocycles. The second-order valence-electron chi connectivity index (χ2n) is 4.95. The van der Waals surface area contributed by atoms with Crippen LogP contribution in [0.1, 0.15) is 43.2 Å². The third-order valence-corrected chi connectivity index (χ3v) is 3.89. The molecule has 5 heteroatoms. The van der Waals surface area contributed by atoms with Crippen molar-refractivity contribution in [3.05, 3.63) is 17.0 Å². The summed E-state index contributed by atoms with van der Waals surface area (Å²) in [7, 11) is 0. The van der Waals surface area contributed by atoms with E-state index in [0.717, 1.165) is 42.8 Å². The Morgan fingerprint density at radius 1 is 1.56 bits per heavy atom. The molecule has 100 valence electrons. The minimum Gasteiger partial charge on any atom is -0.361 e. The molecule has 2 rings (SSSR count). The molecule has 0 radical (unpaired) electrons. The Hall–Kier alpha value is -1.36. The molecule has 0 spiro atoms. The number of nitrogens with zero attached hydrogens (tertiary/aromatic N) is 1. The van der Waals surface area contributed by atoms with Gasteiger partial charge in [-0.05, 0) is 39.7 Å². The Morgan fingerprint density at radius 3 is 2.83 bits per heavy atom. The Balaban J connectivity index is 2.00. The van der Waals surface area contributed by atoms with Crippen molar-refractivity contribution < 1.29 is 9.32 Å². The predicted molar refractivity (Wildman–Crippen MR) is 68.1 cm³/mol. The topological polar surface area (TPSA) is 67.2 Å². The first kappa shape index (κ1) is 13.1. The molecule has 2 heterocycles. The third kappa shape index (κ3) is 2.27. The van der Waals surface area contributed by atoms with Crippen molar-refractivity contribution in [1.29, 1.82) is 0 Å². The van der Waals surface area contributed by atoms with Crippen LogP contribution in [-0.4, -0.2) is 23.1 Å². The van der Waals surface area contributed by atoms with E-state index in [9.17, 15) is 4.79 Å². The number of aromatic nitrogens is 1. The van der Waals surface area contributed by atoms with Gasteiger partial charge in [-0.2, -0.15) is 0 Å². The number of amides is 1. The van der Waals surface area contributed by atoms with E-state index in [1.807, 2.05) is 20.8 Å². The van der Waals surface area contributed by atoms with Gasteiger partial charge in [0.05, 0.1) is 11.2 Å². The zero-order valence-corrected chi connectivity index (χ0v) is 11.3. The van der Waals surface area contributed by atoms with Gasteiger partial charge >= 0.3 is 0 Å². The van der Waals surface area contributed by atoms with Gasteiger partial charge in [0, 0.05) is 12.1 Å². The highest BCUT2D eigenvalue weighted by Crippen LogP contribution is 2.23. The molecule has 1 amide bonds. The number of hydrogen-bond acceptors (Lipinski definition) is 4. The average Bonchev–Trinajstić information content (AvgIpc) is 2.96. The summed E-state index contributed by atoms with van der Waals surface area (Å²) in [5, 5.41) is 10.2. The SMILES string of the molecule is CCC1(C(=O)NCc2c(C)noc2C)CCCN1. The zero-order valence-electron chi connectivity index (χ0n) is 11.3. The van der Waals surface area contributed by atoms with Crippen LogP contribution in [-0.2, 0) is 11.3 Å². The maximum atomic E-state index is 12.3. The summed E-state index contributed by atoms with van der Waals surface area (Å²) in [6.07, 6.45) is 2.80. The Kier molecular flexibility index (Phi) is 3.71. The molecule has 2 N–H and O–H groups in total. The first-order chi connectivity index (χ1) is 8.59. The van der Waals surface area contributed by atoms with E-state index in [1.54, 1.807) is 0 Å². The normalized spacial score (nSPS) is 23.3. The van der Waals surface area contributed by atoms with Crippen LogP contribution in [0.2, 0.25) is 0 Å². The van der Waals surface area contributed by atoms with E-state index in [-0.39, 0.29) is 11.4 Å². The molecule has 1 aromatic heterocycles. The summed E-state index contributed by atoms with van der Waals surface area (Å²) >= 11 is 0. The van der Waals surface area contributed by atoms with Gasteiger partial charge in [0.2, 0.25) is 5.91 Å². The van der Waals surface area contributed by atoms with Gasteiger partial charge < -0.3 is 15.2 Å². The van der Waals surface area contributed by atoms with Crippen LogP contribution in [0, 0.1) is 13.8 Å². The Morgan fingerprint density at radius 2 is 2.33 bits per heavy atom. The molecule has 1 atom stereocenters. The van der Waals surface area contributed by atoms with Crippen LogP contribution in [0.3, 0.4) is 0 Å². The standard InChI is InChI=1S/C13H21N3O2/c1-4-13(6-5-7-15-13)12(17)14-8-11-9(2)16-18-10(11)3/h15H,4-8H2,1-3H3,(H,14,17). The lowest BCUT2D eigenvalue weighted by Gasteiger charge is -2.26. The Labute approximate surface area is 107 Å². The lowest BCUT2D eigenvalue weighted by molar-refractivity contribution is -0.127. The summed E-state index contributed by atoms with van der Waals surface area (Å²) in [6.45, 7) is 7.22. The van der Waals surface area contributed by atoms with Gasteiger partial charge in [-0.3, -0.25) is 4.79 Å². The largest absolute Gasteiger partial charge is 0.361 e. The fourth-order valence-corrected chi connectivity index (χ4v) is 2.55. The first-order valence-electron chi connectivity index (χ1n) is 6.54. The van der Waals surface area contributed by atoms with E-state index in [1.165, 1.54) is 0 Å². The molecule has 1 saturated heterocycles. The first-order valence-corrected chi connectivity index (χ1v) is 6.54. The summed E-state index contributed by atoms with van der Waals surface area (Å²) in [4.78, 5) is 12.3. The lowest BCUT2D eigenvalue weighted by Crippen LogP contribution is -2.52. The maximum absolute atomic E-state index is 12.3. The molecule has 5 nitrogen and oxygen atoms in total. The van der Waals surface area contributed by atoms with Crippen LogP contribution >= 0.6 is 0 Å². The summed E-state index contributed by atoms with van der Waals surface area (Å²) in [6, 6.07) is 0. The van der Waals surface area contributed by atoms with Crippen LogP contribution in [0.15, 0.2) is 4.52 Å². The number of carbonyl (C=O) groups is 1. The molecule has 0 aromatic carbocycles. The summed E-state index contributed by atoms with van der Waals surface area (Å²) < 4.78 is 5.09. The molecule has 1 fully saturated rings. The fraction of sp³-hybridized carbons (Fsp3) is 0.692. The van der Waals surface area contributed by atoms with Gasteiger partial charge in [-0.25, -0.2) is 0 Å². The van der Waals surface area contributed by atoms with Gasteiger partial charge in [-0.1, -0.05) is 12.1 Å². The van der Waals surface area contributed by atoms with Crippen molar-refractivity contribution in [2.24, 2.45) is 0 Å². The van der Waals surface area contributed by atoms with Gasteiger partial charge in [-0.15, -0.1) is 0 Å². The lowest BCUT2D eigenvalue weighted by atomic mass is 9.93. The molecule has 1 aromatic rings. The molecule has 1 aliphatic rings. The minimum absolute atomic E-state index is 0.0856. The summed E-state index contributed by atoms with van der Waals surface area (Å²) in [5.74, 6) is 0.861. The average molecular weight is 251 g/mol. The zero-order chi connectivity index (χ0) is 13.2. The van der Waals surface area contributed by atoms with Crippen LogP contribution in [0.25, 0.3) is 0 Å². The smallest absolute Gasteiger partial charge is 0.240 e. The van der Waals surface area contributed by atoms with E-state index in [4.69, 9.17) is 4.52 Å². The van der Waals surface area contributed by atoms with Crippen LogP contribution in [0.5, 0.6) is 0 Å². The quantitative estimate of drug-likeness (QED) is 0.849. The van der Waals surface area contributed by atoms with Gasteiger partial charge in [0.1, 0.15) is 5.76 Å². The molecule has 0 bridgehead atoms. The molecular weight excluding hydrogens is 230 g/mol. The maximum Gasteiger partial charge on any atom is 0.240 e. The Bertz CT molecular complexity index is 414.